The minimum atomic E-state index is -3.24. The Morgan fingerprint density at radius 3 is 2.06 bits per heavy atom. The van der Waals surface area contributed by atoms with Crippen LogP contribution < -0.4 is 4.74 Å². The fourth-order valence-electron chi connectivity index (χ4n) is 4.92. The van der Waals surface area contributed by atoms with E-state index >= 15 is 0 Å². The summed E-state index contributed by atoms with van der Waals surface area (Å²) in [6.45, 7) is 5.36. The lowest BCUT2D eigenvalue weighted by Crippen LogP contribution is -2.44. The summed E-state index contributed by atoms with van der Waals surface area (Å²) in [7, 11) is -3.24. The fourth-order valence-corrected chi connectivity index (χ4v) is 5.55. The Hall–Kier alpha value is -2.87. The van der Waals surface area contributed by atoms with E-state index in [9.17, 15) is 18.0 Å². The summed E-state index contributed by atoms with van der Waals surface area (Å²) in [6, 6.07) is 13.8. The molecule has 0 aliphatic carbocycles. The number of sulfone groups is 1. The first-order chi connectivity index (χ1) is 16.2. The van der Waals surface area contributed by atoms with Gasteiger partial charge in [-0.15, -0.1) is 0 Å². The number of benzene rings is 2. The second-order valence-electron chi connectivity index (χ2n) is 9.41. The van der Waals surface area contributed by atoms with E-state index in [1.807, 2.05) is 41.0 Å². The van der Waals surface area contributed by atoms with Crippen LogP contribution in [0.25, 0.3) is 0 Å². The minimum Gasteiger partial charge on any atom is -0.494 e. The highest BCUT2D eigenvalue weighted by molar-refractivity contribution is 7.90. The van der Waals surface area contributed by atoms with Crippen molar-refractivity contribution in [3.8, 4) is 5.75 Å². The third-order valence-electron chi connectivity index (χ3n) is 7.02. The standard InChI is InChI=1S/C26H32N2O5S/c1-3-33-22-8-6-21(7-9-22)25(30)27-15-12-26(13-16-27)14-17-28(19-26)24(29)18-20-4-10-23(11-5-20)34(2,31)32/h4-11H,3,12-19H2,1-2H3. The predicted molar refractivity (Wildman–Crippen MR) is 130 cm³/mol. The Morgan fingerprint density at radius 1 is 0.912 bits per heavy atom. The topological polar surface area (TPSA) is 84.0 Å². The van der Waals surface area contributed by atoms with Gasteiger partial charge >= 0.3 is 0 Å². The lowest BCUT2D eigenvalue weighted by atomic mass is 9.77. The highest BCUT2D eigenvalue weighted by atomic mass is 32.2. The lowest BCUT2D eigenvalue weighted by Gasteiger charge is -2.39. The van der Waals surface area contributed by atoms with Crippen LogP contribution >= 0.6 is 0 Å². The molecule has 0 N–H and O–H groups in total. The van der Waals surface area contributed by atoms with Crippen molar-refractivity contribution in [1.82, 2.24) is 9.80 Å². The average Bonchev–Trinajstić information content (AvgIpc) is 3.23. The van der Waals surface area contributed by atoms with Crippen molar-refractivity contribution >= 4 is 21.7 Å². The molecule has 4 rings (SSSR count). The Labute approximate surface area is 201 Å². The molecule has 2 heterocycles. The van der Waals surface area contributed by atoms with Crippen molar-refractivity contribution < 1.29 is 22.7 Å². The van der Waals surface area contributed by atoms with Crippen molar-refractivity contribution in [2.75, 3.05) is 39.0 Å². The minimum absolute atomic E-state index is 0.0429. The second kappa shape index (κ2) is 9.78. The number of ether oxygens (including phenoxy) is 1. The molecular weight excluding hydrogens is 452 g/mol. The van der Waals surface area contributed by atoms with Crippen LogP contribution in [0.1, 0.15) is 42.1 Å². The Morgan fingerprint density at radius 2 is 1.50 bits per heavy atom. The first kappa shape index (κ1) is 24.3. The summed E-state index contributed by atoms with van der Waals surface area (Å²) in [6.07, 6.45) is 4.18. The maximum absolute atomic E-state index is 12.9. The van der Waals surface area contributed by atoms with Gasteiger partial charge in [0.2, 0.25) is 5.91 Å². The van der Waals surface area contributed by atoms with E-state index in [0.717, 1.165) is 43.7 Å². The predicted octanol–water partition coefficient (Wildman–Crippen LogP) is 3.19. The van der Waals surface area contributed by atoms with E-state index in [2.05, 4.69) is 0 Å². The average molecular weight is 485 g/mol. The Kier molecular flexibility index (Phi) is 6.98. The number of hydrogen-bond donors (Lipinski definition) is 0. The van der Waals surface area contributed by atoms with Crippen LogP contribution in [0.5, 0.6) is 5.75 Å². The number of carbonyl (C=O) groups is 2. The normalized spacial score (nSPS) is 17.7. The number of likely N-dealkylation sites (tertiary alicyclic amines) is 2. The van der Waals surface area contributed by atoms with Crippen LogP contribution in [-0.4, -0.2) is 69.1 Å². The molecule has 7 nitrogen and oxygen atoms in total. The molecular formula is C26H32N2O5S. The van der Waals surface area contributed by atoms with Crippen LogP contribution in [-0.2, 0) is 21.1 Å². The van der Waals surface area contributed by atoms with Crippen molar-refractivity contribution in [3.05, 3.63) is 59.7 Å². The van der Waals surface area contributed by atoms with Gasteiger partial charge in [0.1, 0.15) is 5.75 Å². The maximum Gasteiger partial charge on any atom is 0.253 e. The van der Waals surface area contributed by atoms with Crippen LogP contribution in [0.15, 0.2) is 53.4 Å². The number of rotatable bonds is 6. The largest absolute Gasteiger partial charge is 0.494 e. The number of piperidine rings is 1. The molecule has 0 unspecified atom stereocenters. The van der Waals surface area contributed by atoms with E-state index in [1.165, 1.54) is 6.26 Å². The van der Waals surface area contributed by atoms with E-state index in [0.29, 0.717) is 25.3 Å². The summed E-state index contributed by atoms with van der Waals surface area (Å²) < 4.78 is 28.7. The molecule has 0 bridgehead atoms. The van der Waals surface area contributed by atoms with Gasteiger partial charge in [-0.25, -0.2) is 8.42 Å². The van der Waals surface area contributed by atoms with Crippen molar-refractivity contribution in [1.29, 1.82) is 0 Å². The number of nitrogens with zero attached hydrogens (tertiary/aromatic N) is 2. The van der Waals surface area contributed by atoms with E-state index in [4.69, 9.17) is 4.74 Å². The smallest absolute Gasteiger partial charge is 0.253 e. The summed E-state index contributed by atoms with van der Waals surface area (Å²) in [5.41, 5.74) is 1.56. The Balaban J connectivity index is 1.30. The van der Waals surface area contributed by atoms with E-state index in [1.54, 1.807) is 24.3 Å². The van der Waals surface area contributed by atoms with Gasteiger partial charge < -0.3 is 14.5 Å². The van der Waals surface area contributed by atoms with Crippen LogP contribution in [0, 0.1) is 5.41 Å². The van der Waals surface area contributed by atoms with Gasteiger partial charge in [0, 0.05) is 38.0 Å². The molecule has 2 aromatic rings. The molecule has 0 atom stereocenters. The first-order valence-electron chi connectivity index (χ1n) is 11.8. The molecule has 2 aromatic carbocycles. The Bertz CT molecular complexity index is 1130. The molecule has 34 heavy (non-hydrogen) atoms. The van der Waals surface area contributed by atoms with Crippen molar-refractivity contribution in [2.24, 2.45) is 5.41 Å². The fraction of sp³-hybridized carbons (Fsp3) is 0.462. The molecule has 0 radical (unpaired) electrons. The van der Waals surface area contributed by atoms with Gasteiger partial charge in [0.25, 0.3) is 5.91 Å². The molecule has 2 fully saturated rings. The quantitative estimate of drug-likeness (QED) is 0.629. The highest BCUT2D eigenvalue weighted by Gasteiger charge is 2.42. The van der Waals surface area contributed by atoms with E-state index in [-0.39, 0.29) is 28.5 Å². The highest BCUT2D eigenvalue weighted by Crippen LogP contribution is 2.40. The van der Waals surface area contributed by atoms with Gasteiger partial charge in [-0.2, -0.15) is 0 Å². The van der Waals surface area contributed by atoms with Crippen LogP contribution in [0.4, 0.5) is 0 Å². The van der Waals surface area contributed by atoms with Crippen molar-refractivity contribution in [3.63, 3.8) is 0 Å². The number of carbonyl (C=O) groups excluding carboxylic acids is 2. The van der Waals surface area contributed by atoms with Gasteiger partial charge in [-0.05, 0) is 73.6 Å². The van der Waals surface area contributed by atoms with Crippen molar-refractivity contribution in [2.45, 2.75) is 37.5 Å². The van der Waals surface area contributed by atoms with Gasteiger partial charge in [0.15, 0.2) is 9.84 Å². The molecule has 2 aliphatic heterocycles. The number of amides is 2. The summed E-state index contributed by atoms with van der Waals surface area (Å²) in [4.78, 5) is 29.9. The van der Waals surface area contributed by atoms with Crippen LogP contribution in [0.3, 0.4) is 0 Å². The third kappa shape index (κ3) is 5.43. The molecule has 8 heteroatoms. The van der Waals surface area contributed by atoms with Gasteiger partial charge in [0.05, 0.1) is 17.9 Å². The zero-order valence-electron chi connectivity index (χ0n) is 19.8. The monoisotopic (exact) mass is 484 g/mol. The second-order valence-corrected chi connectivity index (χ2v) is 11.4. The van der Waals surface area contributed by atoms with Crippen LogP contribution in [0.2, 0.25) is 0 Å². The van der Waals surface area contributed by atoms with Gasteiger partial charge in [-0.1, -0.05) is 12.1 Å². The SMILES string of the molecule is CCOc1ccc(C(=O)N2CCC3(CCN(C(=O)Cc4ccc(S(C)(=O)=O)cc4)C3)CC2)cc1. The zero-order chi connectivity index (χ0) is 24.3. The summed E-state index contributed by atoms with van der Waals surface area (Å²) in [5.74, 6) is 0.872. The first-order valence-corrected chi connectivity index (χ1v) is 13.7. The molecule has 2 amide bonds. The molecule has 0 aromatic heterocycles. The molecule has 2 saturated heterocycles. The zero-order valence-corrected chi connectivity index (χ0v) is 20.6. The summed E-state index contributed by atoms with van der Waals surface area (Å²) in [5, 5.41) is 0. The maximum atomic E-state index is 12.9. The molecule has 2 aliphatic rings. The molecule has 182 valence electrons. The van der Waals surface area contributed by atoms with E-state index < -0.39 is 9.84 Å². The molecule has 1 spiro atoms. The summed E-state index contributed by atoms with van der Waals surface area (Å²) >= 11 is 0. The molecule has 0 saturated carbocycles. The number of hydrogen-bond acceptors (Lipinski definition) is 5. The van der Waals surface area contributed by atoms with Gasteiger partial charge in [-0.3, -0.25) is 9.59 Å². The third-order valence-corrected chi connectivity index (χ3v) is 8.15. The lowest BCUT2D eigenvalue weighted by molar-refractivity contribution is -0.130.